The minimum Gasteiger partial charge on any atom is -0.344 e. The molecule has 0 fully saturated rings. The van der Waals surface area contributed by atoms with Gasteiger partial charge in [-0.2, -0.15) is 0 Å². The van der Waals surface area contributed by atoms with E-state index in [1.165, 1.54) is 18.2 Å². The quantitative estimate of drug-likeness (QED) is 0.658. The molecule has 6 heteroatoms. The zero-order valence-electron chi connectivity index (χ0n) is 14.9. The van der Waals surface area contributed by atoms with Gasteiger partial charge >= 0.3 is 0 Å². The van der Waals surface area contributed by atoms with Gasteiger partial charge in [0.15, 0.2) is 0 Å². The number of carbonyl (C=O) groups is 2. The molecule has 0 aliphatic rings. The van der Waals surface area contributed by atoms with Crippen molar-refractivity contribution in [2.75, 3.05) is 6.54 Å². The lowest BCUT2D eigenvalue weighted by atomic mass is 9.98. The molecular formula is C22H18ClFN2O2. The van der Waals surface area contributed by atoms with Crippen LogP contribution in [0.5, 0.6) is 0 Å². The van der Waals surface area contributed by atoms with Crippen LogP contribution in [0.2, 0.25) is 5.02 Å². The van der Waals surface area contributed by atoms with Gasteiger partial charge in [-0.05, 0) is 35.4 Å². The maximum Gasteiger partial charge on any atom is 0.254 e. The lowest BCUT2D eigenvalue weighted by Gasteiger charge is -2.20. The second-order valence-corrected chi connectivity index (χ2v) is 6.56. The second kappa shape index (κ2) is 9.15. The molecular weight excluding hydrogens is 379 g/mol. The first-order valence-electron chi connectivity index (χ1n) is 8.67. The van der Waals surface area contributed by atoms with Gasteiger partial charge in [0.2, 0.25) is 5.91 Å². The van der Waals surface area contributed by atoms with E-state index < -0.39 is 23.7 Å². The molecule has 0 aliphatic heterocycles. The third-order valence-electron chi connectivity index (χ3n) is 4.17. The predicted octanol–water partition coefficient (Wildman–Crippen LogP) is 4.11. The topological polar surface area (TPSA) is 58.2 Å². The normalized spacial score (nSPS) is 11.5. The van der Waals surface area contributed by atoms with Crippen LogP contribution in [0.4, 0.5) is 4.39 Å². The fourth-order valence-electron chi connectivity index (χ4n) is 2.77. The molecule has 0 aromatic heterocycles. The molecule has 0 heterocycles. The van der Waals surface area contributed by atoms with Crippen LogP contribution in [-0.4, -0.2) is 18.4 Å². The zero-order chi connectivity index (χ0) is 19.9. The molecule has 4 nitrogen and oxygen atoms in total. The average Bonchev–Trinajstić information content (AvgIpc) is 2.72. The van der Waals surface area contributed by atoms with E-state index in [0.29, 0.717) is 5.02 Å². The first-order valence-corrected chi connectivity index (χ1v) is 9.05. The highest BCUT2D eigenvalue weighted by molar-refractivity contribution is 6.30. The van der Waals surface area contributed by atoms with Crippen LogP contribution in [0.25, 0.3) is 0 Å². The molecule has 0 aliphatic carbocycles. The molecule has 0 bridgehead atoms. The Kier molecular flexibility index (Phi) is 6.40. The summed E-state index contributed by atoms with van der Waals surface area (Å²) in [6, 6.07) is 21.8. The highest BCUT2D eigenvalue weighted by atomic mass is 35.5. The van der Waals surface area contributed by atoms with Crippen molar-refractivity contribution in [2.45, 2.75) is 6.04 Å². The van der Waals surface area contributed by atoms with E-state index >= 15 is 0 Å². The van der Waals surface area contributed by atoms with E-state index in [-0.39, 0.29) is 12.1 Å². The Labute approximate surface area is 167 Å². The maximum atomic E-state index is 13.7. The predicted molar refractivity (Wildman–Crippen MR) is 107 cm³/mol. The van der Waals surface area contributed by atoms with Gasteiger partial charge in [0.05, 0.1) is 18.2 Å². The number of rotatable bonds is 6. The van der Waals surface area contributed by atoms with Crippen molar-refractivity contribution in [3.63, 3.8) is 0 Å². The number of amides is 2. The van der Waals surface area contributed by atoms with Gasteiger partial charge in [-0.1, -0.05) is 66.2 Å². The van der Waals surface area contributed by atoms with E-state index in [1.54, 1.807) is 18.2 Å². The van der Waals surface area contributed by atoms with Crippen molar-refractivity contribution in [1.29, 1.82) is 0 Å². The molecule has 0 spiro atoms. The van der Waals surface area contributed by atoms with Gasteiger partial charge in [0, 0.05) is 5.02 Å². The summed E-state index contributed by atoms with van der Waals surface area (Å²) in [5, 5.41) is 5.94. The van der Waals surface area contributed by atoms with Gasteiger partial charge in [0.25, 0.3) is 5.91 Å². The van der Waals surface area contributed by atoms with Crippen molar-refractivity contribution in [3.8, 4) is 0 Å². The molecule has 0 saturated carbocycles. The number of carbonyl (C=O) groups excluding carboxylic acids is 2. The van der Waals surface area contributed by atoms with Gasteiger partial charge in [-0.15, -0.1) is 0 Å². The van der Waals surface area contributed by atoms with Crippen molar-refractivity contribution in [2.24, 2.45) is 0 Å². The van der Waals surface area contributed by atoms with Gasteiger partial charge in [-0.25, -0.2) is 4.39 Å². The molecule has 28 heavy (non-hydrogen) atoms. The summed E-state index contributed by atoms with van der Waals surface area (Å²) in [5.41, 5.74) is 1.63. The number of nitrogens with one attached hydrogen (secondary N) is 2. The van der Waals surface area contributed by atoms with Gasteiger partial charge in [-0.3, -0.25) is 9.59 Å². The fourth-order valence-corrected chi connectivity index (χ4v) is 2.90. The summed E-state index contributed by atoms with van der Waals surface area (Å²) in [4.78, 5) is 24.5. The monoisotopic (exact) mass is 396 g/mol. The number of hydrogen-bond acceptors (Lipinski definition) is 2. The lowest BCUT2D eigenvalue weighted by molar-refractivity contribution is -0.120. The Balaban J connectivity index is 1.70. The van der Waals surface area contributed by atoms with Crippen LogP contribution in [0.15, 0.2) is 78.9 Å². The SMILES string of the molecule is O=C(CNC(=O)c1ccccc1F)NC(c1ccccc1)c1ccc(Cl)cc1. The molecule has 1 atom stereocenters. The molecule has 2 N–H and O–H groups in total. The van der Waals surface area contributed by atoms with Crippen LogP contribution in [0.3, 0.4) is 0 Å². The smallest absolute Gasteiger partial charge is 0.254 e. The summed E-state index contributed by atoms with van der Waals surface area (Å²) in [6.45, 7) is -0.274. The molecule has 3 aromatic carbocycles. The Hall–Kier alpha value is -3.18. The lowest BCUT2D eigenvalue weighted by Crippen LogP contribution is -2.39. The molecule has 3 rings (SSSR count). The van der Waals surface area contributed by atoms with E-state index in [9.17, 15) is 14.0 Å². The van der Waals surface area contributed by atoms with E-state index in [1.807, 2.05) is 42.5 Å². The van der Waals surface area contributed by atoms with Gasteiger partial charge in [0.1, 0.15) is 5.82 Å². The van der Waals surface area contributed by atoms with Crippen LogP contribution in [0, 0.1) is 5.82 Å². The van der Waals surface area contributed by atoms with Crippen LogP contribution < -0.4 is 10.6 Å². The molecule has 1 unspecified atom stereocenters. The van der Waals surface area contributed by atoms with E-state index in [0.717, 1.165) is 11.1 Å². The maximum absolute atomic E-state index is 13.7. The minimum absolute atomic E-state index is 0.104. The summed E-state index contributed by atoms with van der Waals surface area (Å²) < 4.78 is 13.7. The van der Waals surface area contributed by atoms with Crippen LogP contribution >= 0.6 is 11.6 Å². The Morgan fingerprint density at radius 3 is 2.14 bits per heavy atom. The van der Waals surface area contributed by atoms with Gasteiger partial charge < -0.3 is 10.6 Å². The molecule has 0 radical (unpaired) electrons. The van der Waals surface area contributed by atoms with Crippen LogP contribution in [-0.2, 0) is 4.79 Å². The minimum atomic E-state index is -0.643. The highest BCUT2D eigenvalue weighted by Gasteiger charge is 2.18. The Morgan fingerprint density at radius 2 is 1.46 bits per heavy atom. The summed E-state index contributed by atoms with van der Waals surface area (Å²) >= 11 is 5.96. The van der Waals surface area contributed by atoms with Crippen LogP contribution in [0.1, 0.15) is 27.5 Å². The first-order chi connectivity index (χ1) is 13.5. The van der Waals surface area contributed by atoms with Crippen molar-refractivity contribution in [1.82, 2.24) is 10.6 Å². The number of halogens is 2. The summed E-state index contributed by atoms with van der Waals surface area (Å²) in [6.07, 6.45) is 0. The van der Waals surface area contributed by atoms with Crippen molar-refractivity contribution >= 4 is 23.4 Å². The Bertz CT molecular complexity index is 962. The molecule has 2 amide bonds. The summed E-state index contributed by atoms with van der Waals surface area (Å²) in [5.74, 6) is -1.67. The van der Waals surface area contributed by atoms with E-state index in [2.05, 4.69) is 10.6 Å². The molecule has 0 saturated heterocycles. The van der Waals surface area contributed by atoms with Crippen molar-refractivity contribution < 1.29 is 14.0 Å². The van der Waals surface area contributed by atoms with E-state index in [4.69, 9.17) is 11.6 Å². The number of hydrogen-bond donors (Lipinski definition) is 2. The third-order valence-corrected chi connectivity index (χ3v) is 4.42. The Morgan fingerprint density at radius 1 is 0.857 bits per heavy atom. The molecule has 142 valence electrons. The summed E-state index contributed by atoms with van der Waals surface area (Å²) in [7, 11) is 0. The number of benzene rings is 3. The first kappa shape index (κ1) is 19.6. The largest absolute Gasteiger partial charge is 0.344 e. The second-order valence-electron chi connectivity index (χ2n) is 6.13. The van der Waals surface area contributed by atoms with Crippen molar-refractivity contribution in [3.05, 3.63) is 106 Å². The highest BCUT2D eigenvalue weighted by Crippen LogP contribution is 2.23. The third kappa shape index (κ3) is 4.96. The average molecular weight is 397 g/mol. The standard InChI is InChI=1S/C22H18ClFN2O2/c23-17-12-10-16(11-13-17)21(15-6-2-1-3-7-15)26-20(27)14-25-22(28)18-8-4-5-9-19(18)24/h1-13,21H,14H2,(H,25,28)(H,26,27). The molecule has 3 aromatic rings. The fraction of sp³-hybridized carbons (Fsp3) is 0.0909. The zero-order valence-corrected chi connectivity index (χ0v) is 15.6.